The molecule has 2 N–H and O–H groups in total. The number of nitrogens with one attached hydrogen (secondary N) is 1. The summed E-state index contributed by atoms with van der Waals surface area (Å²) in [6.07, 6.45) is 0.0591. The molecule has 0 heterocycles. The minimum absolute atomic E-state index is 0.0812. The maximum atomic E-state index is 13.1. The van der Waals surface area contributed by atoms with Crippen molar-refractivity contribution in [2.24, 2.45) is 0 Å². The number of amides is 1. The van der Waals surface area contributed by atoms with E-state index in [9.17, 15) is 19.1 Å². The fourth-order valence-corrected chi connectivity index (χ4v) is 2.26. The third-order valence-electron chi connectivity index (χ3n) is 3.24. The van der Waals surface area contributed by atoms with E-state index in [2.05, 4.69) is 5.32 Å². The minimum atomic E-state index is -1.13. The number of rotatable bonds is 6. The van der Waals surface area contributed by atoms with Crippen LogP contribution in [0.3, 0.4) is 0 Å². The molecule has 0 spiro atoms. The Labute approximate surface area is 137 Å². The average molecular weight is 336 g/mol. The second-order valence-electron chi connectivity index (χ2n) is 5.10. The number of hydrogen-bond acceptors (Lipinski definition) is 2. The lowest BCUT2D eigenvalue weighted by Crippen LogP contribution is -2.43. The van der Waals surface area contributed by atoms with Gasteiger partial charge in [0.25, 0.3) is 0 Å². The van der Waals surface area contributed by atoms with E-state index < -0.39 is 23.7 Å². The van der Waals surface area contributed by atoms with Gasteiger partial charge in [-0.15, -0.1) is 0 Å². The van der Waals surface area contributed by atoms with E-state index in [0.717, 1.165) is 5.56 Å². The summed E-state index contributed by atoms with van der Waals surface area (Å²) in [6.45, 7) is 0. The number of aliphatic carboxylic acids is 1. The zero-order chi connectivity index (χ0) is 16.8. The number of hydrogen-bond donors (Lipinski definition) is 2. The second kappa shape index (κ2) is 7.74. The Morgan fingerprint density at radius 3 is 2.43 bits per heavy atom. The van der Waals surface area contributed by atoms with Gasteiger partial charge in [-0.2, -0.15) is 0 Å². The molecule has 2 aromatic rings. The molecule has 0 aromatic heterocycles. The standard InChI is InChI=1S/C17H15ClFNO3/c18-13-6-4-11(5-7-13)9-15(17(22)23)20-16(21)10-12-2-1-3-14(19)8-12/h1-8,15H,9-10H2,(H,20,21)(H,22,23)/t15-/m0/s1. The van der Waals surface area contributed by atoms with E-state index in [1.54, 1.807) is 30.3 Å². The van der Waals surface area contributed by atoms with Crippen LogP contribution in [0, 0.1) is 5.82 Å². The lowest BCUT2D eigenvalue weighted by Gasteiger charge is -2.15. The average Bonchev–Trinajstić information content (AvgIpc) is 2.48. The van der Waals surface area contributed by atoms with Crippen LogP contribution in [0.2, 0.25) is 5.02 Å². The molecule has 0 aliphatic heterocycles. The molecule has 2 aromatic carbocycles. The van der Waals surface area contributed by atoms with Gasteiger partial charge >= 0.3 is 5.97 Å². The zero-order valence-corrected chi connectivity index (χ0v) is 12.9. The molecule has 0 bridgehead atoms. The van der Waals surface area contributed by atoms with Crippen molar-refractivity contribution in [1.29, 1.82) is 0 Å². The topological polar surface area (TPSA) is 66.4 Å². The molecule has 1 atom stereocenters. The van der Waals surface area contributed by atoms with Crippen LogP contribution in [0.1, 0.15) is 11.1 Å². The highest BCUT2D eigenvalue weighted by Crippen LogP contribution is 2.11. The van der Waals surface area contributed by atoms with Crippen LogP contribution >= 0.6 is 11.6 Å². The molecule has 23 heavy (non-hydrogen) atoms. The normalized spacial score (nSPS) is 11.7. The number of carboxylic acids is 1. The van der Waals surface area contributed by atoms with Crippen molar-refractivity contribution in [2.45, 2.75) is 18.9 Å². The van der Waals surface area contributed by atoms with Crippen molar-refractivity contribution in [3.05, 3.63) is 70.5 Å². The van der Waals surface area contributed by atoms with Gasteiger partial charge in [-0.05, 0) is 35.4 Å². The first-order valence-electron chi connectivity index (χ1n) is 6.95. The highest BCUT2D eigenvalue weighted by molar-refractivity contribution is 6.30. The summed E-state index contributed by atoms with van der Waals surface area (Å²) in [6, 6.07) is 11.3. The molecule has 1 amide bonds. The highest BCUT2D eigenvalue weighted by atomic mass is 35.5. The summed E-state index contributed by atoms with van der Waals surface area (Å²) >= 11 is 5.78. The first-order chi connectivity index (χ1) is 10.9. The van der Waals surface area contributed by atoms with Crippen molar-refractivity contribution >= 4 is 23.5 Å². The summed E-state index contributed by atoms with van der Waals surface area (Å²) in [5.41, 5.74) is 1.23. The smallest absolute Gasteiger partial charge is 0.326 e. The van der Waals surface area contributed by atoms with Gasteiger partial charge in [0.05, 0.1) is 6.42 Å². The number of carbonyl (C=O) groups excluding carboxylic acids is 1. The van der Waals surface area contributed by atoms with Gasteiger partial charge in [0.1, 0.15) is 11.9 Å². The molecular weight excluding hydrogens is 321 g/mol. The largest absolute Gasteiger partial charge is 0.480 e. The van der Waals surface area contributed by atoms with Crippen LogP contribution in [0.25, 0.3) is 0 Å². The quantitative estimate of drug-likeness (QED) is 0.853. The van der Waals surface area contributed by atoms with Crippen molar-refractivity contribution in [3.8, 4) is 0 Å². The van der Waals surface area contributed by atoms with Gasteiger partial charge in [0, 0.05) is 11.4 Å². The van der Waals surface area contributed by atoms with Gasteiger partial charge in [-0.25, -0.2) is 9.18 Å². The minimum Gasteiger partial charge on any atom is -0.480 e. The molecule has 120 valence electrons. The number of carboxylic acid groups (broad SMARTS) is 1. The van der Waals surface area contributed by atoms with Crippen molar-refractivity contribution in [1.82, 2.24) is 5.32 Å². The van der Waals surface area contributed by atoms with Crippen LogP contribution in [0.4, 0.5) is 4.39 Å². The molecule has 0 fully saturated rings. The molecular formula is C17H15ClFNO3. The fourth-order valence-electron chi connectivity index (χ4n) is 2.13. The van der Waals surface area contributed by atoms with E-state index in [4.69, 9.17) is 11.6 Å². The lowest BCUT2D eigenvalue weighted by molar-refractivity contribution is -0.141. The summed E-state index contributed by atoms with van der Waals surface area (Å²) in [5, 5.41) is 12.3. The number of carbonyl (C=O) groups is 2. The Hall–Kier alpha value is -2.40. The highest BCUT2D eigenvalue weighted by Gasteiger charge is 2.20. The Kier molecular flexibility index (Phi) is 5.71. The molecule has 0 aliphatic rings. The van der Waals surface area contributed by atoms with Crippen LogP contribution in [-0.4, -0.2) is 23.0 Å². The fraction of sp³-hybridized carbons (Fsp3) is 0.176. The summed E-state index contributed by atoms with van der Waals surface area (Å²) in [4.78, 5) is 23.3. The predicted octanol–water partition coefficient (Wildman–Crippen LogP) is 2.83. The van der Waals surface area contributed by atoms with E-state index >= 15 is 0 Å². The zero-order valence-electron chi connectivity index (χ0n) is 12.1. The molecule has 0 saturated carbocycles. The third-order valence-corrected chi connectivity index (χ3v) is 3.49. The van der Waals surface area contributed by atoms with Gasteiger partial charge < -0.3 is 10.4 Å². The first kappa shape index (κ1) is 17.0. The van der Waals surface area contributed by atoms with Crippen LogP contribution in [-0.2, 0) is 22.4 Å². The van der Waals surface area contributed by atoms with Gasteiger partial charge in [-0.3, -0.25) is 4.79 Å². The Morgan fingerprint density at radius 1 is 1.13 bits per heavy atom. The van der Waals surface area contributed by atoms with Crippen molar-refractivity contribution in [3.63, 3.8) is 0 Å². The summed E-state index contributed by atoms with van der Waals surface area (Å²) in [7, 11) is 0. The molecule has 6 heteroatoms. The maximum absolute atomic E-state index is 13.1. The summed E-state index contributed by atoms with van der Waals surface area (Å²) < 4.78 is 13.1. The Morgan fingerprint density at radius 2 is 1.83 bits per heavy atom. The Balaban J connectivity index is 1.99. The van der Waals surface area contributed by atoms with E-state index in [-0.39, 0.29) is 12.8 Å². The monoisotopic (exact) mass is 335 g/mol. The predicted molar refractivity (Wildman–Crippen MR) is 84.8 cm³/mol. The van der Waals surface area contributed by atoms with E-state index in [1.165, 1.54) is 18.2 Å². The van der Waals surface area contributed by atoms with Crippen molar-refractivity contribution in [2.75, 3.05) is 0 Å². The molecule has 0 aliphatic carbocycles. The SMILES string of the molecule is O=C(Cc1cccc(F)c1)N[C@@H](Cc1ccc(Cl)cc1)C(=O)O. The third kappa shape index (κ3) is 5.38. The van der Waals surface area contributed by atoms with E-state index in [1.807, 2.05) is 0 Å². The Bertz CT molecular complexity index is 703. The first-order valence-corrected chi connectivity index (χ1v) is 7.33. The maximum Gasteiger partial charge on any atom is 0.326 e. The number of benzene rings is 2. The molecule has 0 unspecified atom stereocenters. The van der Waals surface area contributed by atoms with Crippen LogP contribution in [0.15, 0.2) is 48.5 Å². The second-order valence-corrected chi connectivity index (χ2v) is 5.53. The summed E-state index contributed by atoms with van der Waals surface area (Å²) in [5.74, 6) is -2.05. The molecule has 0 radical (unpaired) electrons. The van der Waals surface area contributed by atoms with Gasteiger partial charge in [0.2, 0.25) is 5.91 Å². The lowest BCUT2D eigenvalue weighted by atomic mass is 10.1. The van der Waals surface area contributed by atoms with Crippen LogP contribution < -0.4 is 5.32 Å². The van der Waals surface area contributed by atoms with Crippen LogP contribution in [0.5, 0.6) is 0 Å². The molecule has 2 rings (SSSR count). The van der Waals surface area contributed by atoms with Crippen molar-refractivity contribution < 1.29 is 19.1 Å². The van der Waals surface area contributed by atoms with Gasteiger partial charge in [0.15, 0.2) is 0 Å². The van der Waals surface area contributed by atoms with E-state index in [0.29, 0.717) is 10.6 Å². The number of halogens is 2. The molecule has 0 saturated heterocycles. The molecule has 4 nitrogen and oxygen atoms in total. The van der Waals surface area contributed by atoms with Gasteiger partial charge in [-0.1, -0.05) is 35.9 Å².